The second-order valence-corrected chi connectivity index (χ2v) is 4.33. The normalized spacial score (nSPS) is 14.3. The van der Waals surface area contributed by atoms with Crippen molar-refractivity contribution in [2.75, 3.05) is 13.1 Å². The van der Waals surface area contributed by atoms with Crippen molar-refractivity contribution in [1.29, 1.82) is 0 Å². The summed E-state index contributed by atoms with van der Waals surface area (Å²) >= 11 is 0. The molecule has 0 heterocycles. The van der Waals surface area contributed by atoms with Gasteiger partial charge in [0.05, 0.1) is 0 Å². The van der Waals surface area contributed by atoms with Crippen LogP contribution >= 0.6 is 0 Å². The lowest BCUT2D eigenvalue weighted by Gasteiger charge is -2.31. The monoisotopic (exact) mass is 231 g/mol. The van der Waals surface area contributed by atoms with Crippen LogP contribution in [0.2, 0.25) is 0 Å². The van der Waals surface area contributed by atoms with Gasteiger partial charge in [0.15, 0.2) is 5.72 Å². The molecule has 0 fully saturated rings. The Morgan fingerprint density at radius 1 is 1.35 bits per heavy atom. The van der Waals surface area contributed by atoms with Gasteiger partial charge < -0.3 is 5.11 Å². The van der Waals surface area contributed by atoms with E-state index in [1.54, 1.807) is 6.92 Å². The summed E-state index contributed by atoms with van der Waals surface area (Å²) in [7, 11) is 0. The lowest BCUT2D eigenvalue weighted by molar-refractivity contribution is -0.0415. The smallest absolute Gasteiger partial charge is 0.178 e. The lowest BCUT2D eigenvalue weighted by atomic mass is 10.1. The molecule has 1 rings (SSSR count). The molecule has 92 valence electrons. The highest BCUT2D eigenvalue weighted by atomic mass is 16.3. The molecule has 1 aromatic rings. The summed E-state index contributed by atoms with van der Waals surface area (Å²) in [6, 6.07) is 10.4. The standard InChI is InChI=1S/C15H21NO/c1-4-15(3,17)16(5-2)13-9-12-14-10-7-6-8-11-14/h1,6-8,10-11,17H,5,9,12-13H2,2-3H3. The summed E-state index contributed by atoms with van der Waals surface area (Å²) in [4.78, 5) is 1.91. The average Bonchev–Trinajstić information content (AvgIpc) is 2.35. The Labute approximate surface area is 104 Å². The van der Waals surface area contributed by atoms with Gasteiger partial charge in [0.25, 0.3) is 0 Å². The Morgan fingerprint density at radius 3 is 2.53 bits per heavy atom. The molecule has 17 heavy (non-hydrogen) atoms. The van der Waals surface area contributed by atoms with Crippen LogP contribution in [0.4, 0.5) is 0 Å². The molecule has 0 aromatic heterocycles. The predicted octanol–water partition coefficient (Wildman–Crippen LogP) is 2.28. The van der Waals surface area contributed by atoms with E-state index >= 15 is 0 Å². The Morgan fingerprint density at radius 2 is 2.00 bits per heavy atom. The minimum Gasteiger partial charge on any atom is -0.365 e. The first kappa shape index (κ1) is 13.8. The van der Waals surface area contributed by atoms with Gasteiger partial charge in [-0.3, -0.25) is 4.90 Å². The molecule has 1 atom stereocenters. The number of terminal acetylenes is 1. The molecular formula is C15H21NO. The second-order valence-electron chi connectivity index (χ2n) is 4.33. The Bertz CT molecular complexity index is 364. The van der Waals surface area contributed by atoms with Crippen LogP contribution in [0.25, 0.3) is 0 Å². The van der Waals surface area contributed by atoms with Gasteiger partial charge in [0, 0.05) is 6.54 Å². The number of rotatable bonds is 6. The van der Waals surface area contributed by atoms with Crippen LogP contribution in [0.15, 0.2) is 30.3 Å². The molecule has 2 heteroatoms. The molecule has 0 saturated heterocycles. The van der Waals surface area contributed by atoms with Crippen molar-refractivity contribution in [2.24, 2.45) is 0 Å². The largest absolute Gasteiger partial charge is 0.365 e. The molecular weight excluding hydrogens is 210 g/mol. The third-order valence-electron chi connectivity index (χ3n) is 3.01. The molecule has 0 aliphatic rings. The van der Waals surface area contributed by atoms with Crippen LogP contribution in [0.3, 0.4) is 0 Å². The fourth-order valence-electron chi connectivity index (χ4n) is 1.89. The summed E-state index contributed by atoms with van der Waals surface area (Å²) in [5, 5.41) is 9.97. The zero-order chi connectivity index (χ0) is 12.7. The van der Waals surface area contributed by atoms with Gasteiger partial charge >= 0.3 is 0 Å². The fourth-order valence-corrected chi connectivity index (χ4v) is 1.89. The maximum absolute atomic E-state index is 9.97. The van der Waals surface area contributed by atoms with Crippen molar-refractivity contribution in [1.82, 2.24) is 4.90 Å². The molecule has 1 unspecified atom stereocenters. The van der Waals surface area contributed by atoms with Crippen molar-refractivity contribution in [3.8, 4) is 12.3 Å². The molecule has 2 nitrogen and oxygen atoms in total. The molecule has 0 bridgehead atoms. The van der Waals surface area contributed by atoms with E-state index in [0.717, 1.165) is 25.9 Å². The van der Waals surface area contributed by atoms with Crippen molar-refractivity contribution < 1.29 is 5.11 Å². The third-order valence-corrected chi connectivity index (χ3v) is 3.01. The van der Waals surface area contributed by atoms with Gasteiger partial charge in [-0.05, 0) is 31.9 Å². The third kappa shape index (κ3) is 4.22. The van der Waals surface area contributed by atoms with E-state index in [-0.39, 0.29) is 0 Å². The van der Waals surface area contributed by atoms with Crippen LogP contribution in [0.5, 0.6) is 0 Å². The lowest BCUT2D eigenvalue weighted by Crippen LogP contribution is -2.45. The molecule has 0 radical (unpaired) electrons. The predicted molar refractivity (Wildman–Crippen MR) is 71.5 cm³/mol. The molecule has 0 aliphatic carbocycles. The summed E-state index contributed by atoms with van der Waals surface area (Å²) < 4.78 is 0. The van der Waals surface area contributed by atoms with Crippen LogP contribution in [-0.2, 0) is 6.42 Å². The molecule has 1 N–H and O–H groups in total. The number of benzene rings is 1. The van der Waals surface area contributed by atoms with E-state index in [1.807, 2.05) is 30.0 Å². The van der Waals surface area contributed by atoms with Gasteiger partial charge in [-0.1, -0.05) is 43.2 Å². The van der Waals surface area contributed by atoms with Gasteiger partial charge in [-0.15, -0.1) is 6.42 Å². The number of hydrogen-bond donors (Lipinski definition) is 1. The first-order valence-electron chi connectivity index (χ1n) is 6.09. The number of nitrogens with zero attached hydrogens (tertiary/aromatic N) is 1. The van der Waals surface area contributed by atoms with Gasteiger partial charge in [-0.2, -0.15) is 0 Å². The van der Waals surface area contributed by atoms with Crippen LogP contribution in [0, 0.1) is 12.3 Å². The van der Waals surface area contributed by atoms with Crippen LogP contribution in [-0.4, -0.2) is 28.8 Å². The second kappa shape index (κ2) is 6.44. The number of aliphatic hydroxyl groups is 1. The van der Waals surface area contributed by atoms with Gasteiger partial charge in [0.2, 0.25) is 0 Å². The summed E-state index contributed by atoms with van der Waals surface area (Å²) in [5.41, 5.74) is 0.190. The van der Waals surface area contributed by atoms with Gasteiger partial charge in [0.1, 0.15) is 0 Å². The Hall–Kier alpha value is -1.30. The molecule has 0 aliphatic heterocycles. The van der Waals surface area contributed by atoms with E-state index in [9.17, 15) is 5.11 Å². The minimum atomic E-state index is -1.13. The van der Waals surface area contributed by atoms with Crippen LogP contribution in [0.1, 0.15) is 25.8 Å². The van der Waals surface area contributed by atoms with Crippen molar-refractivity contribution >= 4 is 0 Å². The van der Waals surface area contributed by atoms with E-state index in [0.29, 0.717) is 0 Å². The maximum Gasteiger partial charge on any atom is 0.178 e. The Balaban J connectivity index is 2.42. The first-order chi connectivity index (χ1) is 8.10. The number of aryl methyl sites for hydroxylation is 1. The first-order valence-corrected chi connectivity index (χ1v) is 6.09. The summed E-state index contributed by atoms with van der Waals surface area (Å²) in [5.74, 6) is 2.42. The molecule has 1 aromatic carbocycles. The summed E-state index contributed by atoms with van der Waals surface area (Å²) in [6.45, 7) is 5.24. The van der Waals surface area contributed by atoms with Gasteiger partial charge in [-0.25, -0.2) is 0 Å². The molecule has 0 spiro atoms. The van der Waals surface area contributed by atoms with E-state index < -0.39 is 5.72 Å². The van der Waals surface area contributed by atoms with Crippen molar-refractivity contribution in [2.45, 2.75) is 32.4 Å². The quantitative estimate of drug-likeness (QED) is 0.600. The topological polar surface area (TPSA) is 23.5 Å². The van der Waals surface area contributed by atoms with E-state index in [2.05, 4.69) is 18.1 Å². The van der Waals surface area contributed by atoms with E-state index in [1.165, 1.54) is 5.56 Å². The summed E-state index contributed by atoms with van der Waals surface area (Å²) in [6.07, 6.45) is 7.33. The molecule has 0 saturated carbocycles. The van der Waals surface area contributed by atoms with Crippen molar-refractivity contribution in [3.05, 3.63) is 35.9 Å². The molecule has 0 amide bonds. The van der Waals surface area contributed by atoms with Crippen LogP contribution < -0.4 is 0 Å². The average molecular weight is 231 g/mol. The SMILES string of the molecule is C#CC(C)(O)N(CC)CCCc1ccccc1. The minimum absolute atomic E-state index is 0.756. The zero-order valence-corrected chi connectivity index (χ0v) is 10.7. The highest BCUT2D eigenvalue weighted by Crippen LogP contribution is 2.11. The Kier molecular flexibility index (Phi) is 5.21. The highest BCUT2D eigenvalue weighted by Gasteiger charge is 2.24. The number of hydrogen-bond acceptors (Lipinski definition) is 2. The van der Waals surface area contributed by atoms with E-state index in [4.69, 9.17) is 6.42 Å². The zero-order valence-electron chi connectivity index (χ0n) is 10.7. The highest BCUT2D eigenvalue weighted by molar-refractivity contribution is 5.14. The van der Waals surface area contributed by atoms with Crippen molar-refractivity contribution in [3.63, 3.8) is 0 Å². The fraction of sp³-hybridized carbons (Fsp3) is 0.467. The maximum atomic E-state index is 9.97.